The molecule has 23 nitrogen and oxygen atoms in total. The van der Waals surface area contributed by atoms with Crippen LogP contribution in [0.1, 0.15) is 28.8 Å². The lowest BCUT2D eigenvalue weighted by Crippen LogP contribution is -2.19. The predicted octanol–water partition coefficient (Wildman–Crippen LogP) is 7.13. The summed E-state index contributed by atoms with van der Waals surface area (Å²) in [4.78, 5) is 36.8. The van der Waals surface area contributed by atoms with Crippen LogP contribution in [0.2, 0.25) is 0 Å². The summed E-state index contributed by atoms with van der Waals surface area (Å²) in [5.41, 5.74) is 9.95. The van der Waals surface area contributed by atoms with Crippen LogP contribution < -0.4 is 22.1 Å². The summed E-state index contributed by atoms with van der Waals surface area (Å²) < 4.78 is 87.2. The lowest BCUT2D eigenvalue weighted by Gasteiger charge is -2.13. The van der Waals surface area contributed by atoms with E-state index in [0.29, 0.717) is 6.40 Å². The van der Waals surface area contributed by atoms with E-state index < -0.39 is 104 Å². The van der Waals surface area contributed by atoms with E-state index >= 15 is 0 Å². The Morgan fingerprint density at radius 2 is 1.11 bits per heavy atom. The fourth-order valence-corrected chi connectivity index (χ4v) is 9.22. The molecule has 0 radical (unpaired) electrons. The van der Waals surface area contributed by atoms with E-state index in [0.717, 1.165) is 12.1 Å². The second-order valence-corrected chi connectivity index (χ2v) is 20.0. The van der Waals surface area contributed by atoms with Crippen LogP contribution in [0.5, 0.6) is 0 Å². The molecule has 2 amide bonds. The molecule has 0 aliphatic heterocycles. The molecule has 4 aromatic rings. The second-order valence-electron chi connectivity index (χ2n) is 13.2. The Labute approximate surface area is 381 Å². The normalized spacial score (nSPS) is 12.2. The predicted molar refractivity (Wildman–Crippen MR) is 243 cm³/mol. The SMILES string of the molecule is N=COCc1ccc(N=Nc2c(N)c(N=Nc3ccc(NC(=O)CCS(=O)(=O)CCCl)cc3)c(N)c(N=Nc3ccc(NC(=O)CCS(=O)(=O)CCCl)cc3)c2C(=O)O)c(S(=O)(=O)O)c1. The number of carbonyl (C=O) groups is 3. The van der Waals surface area contributed by atoms with Crippen molar-refractivity contribution >= 4 is 134 Å². The molecule has 9 N–H and O–H groups in total. The van der Waals surface area contributed by atoms with Gasteiger partial charge < -0.3 is 31.9 Å². The van der Waals surface area contributed by atoms with Gasteiger partial charge in [0.05, 0.1) is 45.8 Å². The van der Waals surface area contributed by atoms with E-state index in [2.05, 4.69) is 41.3 Å². The number of hydrogen-bond acceptors (Lipinski definition) is 19. The summed E-state index contributed by atoms with van der Waals surface area (Å²) in [6, 6.07) is 14.7. The van der Waals surface area contributed by atoms with Gasteiger partial charge in [0.1, 0.15) is 39.8 Å². The van der Waals surface area contributed by atoms with Gasteiger partial charge in [0.25, 0.3) is 10.1 Å². The molecule has 4 aromatic carbocycles. The number of benzene rings is 4. The van der Waals surface area contributed by atoms with E-state index in [4.69, 9.17) is 44.8 Å². The molecule has 0 saturated heterocycles. The van der Waals surface area contributed by atoms with Gasteiger partial charge in [0, 0.05) is 36.0 Å². The number of rotatable bonds is 23. The molecule has 28 heteroatoms. The molecular weight excluding hydrogens is 958 g/mol. The average Bonchev–Trinajstić information content (AvgIpc) is 3.24. The molecule has 0 aliphatic rings. The summed E-state index contributed by atoms with van der Waals surface area (Å²) in [7, 11) is -12.0. The van der Waals surface area contributed by atoms with Crippen molar-refractivity contribution in [2.75, 3.05) is 56.9 Å². The van der Waals surface area contributed by atoms with Crippen LogP contribution in [0.4, 0.5) is 56.9 Å². The molecule has 0 bridgehead atoms. The lowest BCUT2D eigenvalue weighted by atomic mass is 10.1. The summed E-state index contributed by atoms with van der Waals surface area (Å²) in [6.45, 7) is -0.251. The Hall–Kier alpha value is -6.45. The molecule has 0 unspecified atom stereocenters. The standard InChI is InChI=1S/C37H39Cl2N11O12S3/c38-13-17-63(55,56)15-11-29(51)43-23-2-6-25(7-3-23)45-48-34-31(37(53)54)35(49-47-27-10-1-22(20-62-21-40)19-28(27)65(59,60)61)33(42)36(32(34)41)50-46-26-8-4-24(5-9-26)44-30(52)12-16-64(57,58)18-14-39/h1-10,19,21,40H,11-18,20,41-42H2,(H,43,51)(H,44,52)(H,53,54)(H,59,60,61). The minimum atomic E-state index is -4.97. The van der Waals surface area contributed by atoms with Crippen molar-refractivity contribution < 1.29 is 54.0 Å². The number of azo groups is 3. The Kier molecular flexibility index (Phi) is 18.1. The number of nitrogens with one attached hydrogen (secondary N) is 3. The third kappa shape index (κ3) is 15.4. The first kappa shape index (κ1) is 51.2. The molecule has 0 aliphatic carbocycles. The van der Waals surface area contributed by atoms with Gasteiger partial charge in [-0.1, -0.05) is 6.07 Å². The number of amides is 2. The summed E-state index contributed by atoms with van der Waals surface area (Å²) in [6.07, 6.45) is -0.0294. The van der Waals surface area contributed by atoms with Crippen molar-refractivity contribution in [3.8, 4) is 0 Å². The number of halogens is 2. The number of nitrogens with two attached hydrogens (primary N) is 2. The van der Waals surface area contributed by atoms with Crippen molar-refractivity contribution in [2.24, 2.45) is 30.7 Å². The molecular formula is C37H39Cl2N11O12S3. The zero-order chi connectivity index (χ0) is 48.0. The zero-order valence-electron chi connectivity index (χ0n) is 33.6. The Bertz CT molecular complexity index is 2870. The molecule has 0 fully saturated rings. The lowest BCUT2D eigenvalue weighted by molar-refractivity contribution is -0.116. The van der Waals surface area contributed by atoms with Crippen molar-refractivity contribution in [3.63, 3.8) is 0 Å². The first-order valence-corrected chi connectivity index (χ1v) is 24.6. The van der Waals surface area contributed by atoms with E-state index in [1.54, 1.807) is 0 Å². The molecule has 0 heterocycles. The fourth-order valence-electron chi connectivity index (χ4n) is 5.27. The van der Waals surface area contributed by atoms with Gasteiger partial charge >= 0.3 is 5.97 Å². The van der Waals surface area contributed by atoms with Gasteiger partial charge in [-0.2, -0.15) is 18.6 Å². The van der Waals surface area contributed by atoms with Gasteiger partial charge in [0.2, 0.25) is 11.8 Å². The zero-order valence-corrected chi connectivity index (χ0v) is 37.5. The molecule has 0 atom stereocenters. The summed E-state index contributed by atoms with van der Waals surface area (Å²) in [5, 5.41) is 46.7. The number of carbonyl (C=O) groups excluding carboxylic acids is 2. The fraction of sp³-hybridized carbons (Fsp3) is 0.243. The molecule has 0 saturated carbocycles. The van der Waals surface area contributed by atoms with Crippen LogP contribution >= 0.6 is 23.2 Å². The monoisotopic (exact) mass is 995 g/mol. The first-order valence-electron chi connectivity index (χ1n) is 18.4. The number of anilines is 4. The van der Waals surface area contributed by atoms with Gasteiger partial charge in [-0.3, -0.25) is 19.6 Å². The summed E-state index contributed by atoms with van der Waals surface area (Å²) >= 11 is 11.0. The smallest absolute Gasteiger partial charge is 0.340 e. The van der Waals surface area contributed by atoms with Crippen LogP contribution in [0.25, 0.3) is 0 Å². The third-order valence-electron chi connectivity index (χ3n) is 8.49. The first-order chi connectivity index (χ1) is 30.7. The minimum absolute atomic E-state index is 0.0977. The molecule has 65 heavy (non-hydrogen) atoms. The van der Waals surface area contributed by atoms with E-state index in [9.17, 15) is 49.3 Å². The maximum absolute atomic E-state index is 12.9. The number of ether oxygens (including phenoxy) is 1. The highest BCUT2D eigenvalue weighted by Crippen LogP contribution is 2.49. The number of carboxylic acids is 1. The van der Waals surface area contributed by atoms with Crippen molar-refractivity contribution in [1.29, 1.82) is 5.41 Å². The van der Waals surface area contributed by atoms with Gasteiger partial charge in [-0.15, -0.1) is 43.7 Å². The van der Waals surface area contributed by atoms with Crippen molar-refractivity contribution in [1.82, 2.24) is 0 Å². The highest BCUT2D eigenvalue weighted by Gasteiger charge is 2.27. The molecule has 4 rings (SSSR count). The Morgan fingerprint density at radius 3 is 1.52 bits per heavy atom. The molecule has 0 aromatic heterocycles. The topological polar surface area (TPSA) is 377 Å². The van der Waals surface area contributed by atoms with E-state index in [-0.39, 0.29) is 71.0 Å². The maximum Gasteiger partial charge on any atom is 0.340 e. The average molecular weight is 997 g/mol. The third-order valence-corrected chi connectivity index (χ3v) is 13.5. The number of nitrogens with zero attached hydrogens (tertiary/aromatic N) is 6. The van der Waals surface area contributed by atoms with Crippen LogP contribution in [-0.2, 0) is 50.7 Å². The number of hydrogen-bond donors (Lipinski definition) is 7. The van der Waals surface area contributed by atoms with E-state index in [1.807, 2.05) is 0 Å². The van der Waals surface area contributed by atoms with E-state index in [1.165, 1.54) is 54.6 Å². The summed E-state index contributed by atoms with van der Waals surface area (Å²) in [5.74, 6) is -4.47. The van der Waals surface area contributed by atoms with Gasteiger partial charge in [0.15, 0.2) is 26.1 Å². The van der Waals surface area contributed by atoms with Crippen LogP contribution in [0.15, 0.2) is 102 Å². The Morgan fingerprint density at radius 1 is 0.662 bits per heavy atom. The van der Waals surface area contributed by atoms with Crippen LogP contribution in [0.3, 0.4) is 0 Å². The minimum Gasteiger partial charge on any atom is -0.479 e. The second kappa shape index (κ2) is 22.9. The molecule has 346 valence electrons. The van der Waals surface area contributed by atoms with Crippen LogP contribution in [-0.4, -0.2) is 93.9 Å². The maximum atomic E-state index is 12.9. The largest absolute Gasteiger partial charge is 0.479 e. The van der Waals surface area contributed by atoms with Gasteiger partial charge in [-0.05, 0) is 66.2 Å². The van der Waals surface area contributed by atoms with Crippen LogP contribution in [0, 0.1) is 5.41 Å². The quantitative estimate of drug-likeness (QED) is 0.00971. The highest BCUT2D eigenvalue weighted by atomic mass is 35.5. The number of alkyl halides is 2. The van der Waals surface area contributed by atoms with Crippen molar-refractivity contribution in [2.45, 2.75) is 24.3 Å². The van der Waals surface area contributed by atoms with Gasteiger partial charge in [-0.25, -0.2) is 21.6 Å². The van der Waals surface area contributed by atoms with Crippen molar-refractivity contribution in [3.05, 3.63) is 77.9 Å². The number of nitrogen functional groups attached to an aromatic ring is 2. The Balaban J connectivity index is 1.75. The number of aromatic carboxylic acids is 1. The number of carboxylic acid groups (broad SMARTS) is 1. The molecule has 0 spiro atoms. The highest BCUT2D eigenvalue weighted by molar-refractivity contribution is 7.91. The number of sulfone groups is 2.